The molecule has 1 unspecified atom stereocenters. The Morgan fingerprint density at radius 3 is 3.04 bits per heavy atom. The fourth-order valence-electron chi connectivity index (χ4n) is 2.99. The Morgan fingerprint density at radius 1 is 1.29 bits per heavy atom. The third-order valence-corrected chi connectivity index (χ3v) is 4.17. The van der Waals surface area contributed by atoms with Crippen LogP contribution in [0.25, 0.3) is 5.65 Å². The number of nitrogens with zero attached hydrogens (tertiary/aromatic N) is 7. The highest BCUT2D eigenvalue weighted by Gasteiger charge is 2.23. The van der Waals surface area contributed by atoms with E-state index >= 15 is 0 Å². The fourth-order valence-corrected chi connectivity index (χ4v) is 2.99. The number of amides is 1. The third kappa shape index (κ3) is 2.80. The summed E-state index contributed by atoms with van der Waals surface area (Å²) in [4.78, 5) is 14.4. The van der Waals surface area contributed by atoms with Crippen LogP contribution in [0.15, 0.2) is 30.7 Å². The van der Waals surface area contributed by atoms with Gasteiger partial charge in [0.2, 0.25) is 0 Å². The molecule has 1 fully saturated rings. The summed E-state index contributed by atoms with van der Waals surface area (Å²) >= 11 is 0. The molecule has 124 valence electrons. The molecule has 0 bridgehead atoms. The molecule has 9 heteroatoms. The maximum absolute atomic E-state index is 12.3. The summed E-state index contributed by atoms with van der Waals surface area (Å²) in [6.45, 7) is 1.63. The van der Waals surface area contributed by atoms with Crippen LogP contribution in [0.3, 0.4) is 0 Å². The lowest BCUT2D eigenvalue weighted by molar-refractivity contribution is 0.0927. The highest BCUT2D eigenvalue weighted by Crippen LogP contribution is 2.18. The minimum absolute atomic E-state index is 0.0756. The van der Waals surface area contributed by atoms with Gasteiger partial charge in [0.25, 0.3) is 5.91 Å². The van der Waals surface area contributed by atoms with Crippen molar-refractivity contribution in [1.82, 2.24) is 34.9 Å². The second-order valence-corrected chi connectivity index (χ2v) is 5.96. The Hall–Kier alpha value is -2.97. The zero-order chi connectivity index (χ0) is 16.5. The van der Waals surface area contributed by atoms with Gasteiger partial charge >= 0.3 is 0 Å². The van der Waals surface area contributed by atoms with E-state index in [2.05, 4.69) is 30.6 Å². The number of rotatable bonds is 3. The number of anilines is 1. The second kappa shape index (κ2) is 5.91. The number of aryl methyl sites for hydroxylation is 1. The quantitative estimate of drug-likeness (QED) is 0.742. The molecule has 24 heavy (non-hydrogen) atoms. The van der Waals surface area contributed by atoms with Gasteiger partial charge in [0.05, 0.1) is 0 Å². The number of piperidine rings is 1. The van der Waals surface area contributed by atoms with E-state index < -0.39 is 0 Å². The van der Waals surface area contributed by atoms with Crippen LogP contribution in [0.2, 0.25) is 0 Å². The van der Waals surface area contributed by atoms with E-state index in [9.17, 15) is 4.79 Å². The molecule has 3 aromatic rings. The van der Waals surface area contributed by atoms with Gasteiger partial charge in [-0.05, 0) is 31.0 Å². The van der Waals surface area contributed by atoms with Crippen LogP contribution in [-0.4, -0.2) is 54.6 Å². The first kappa shape index (κ1) is 14.6. The first-order valence-corrected chi connectivity index (χ1v) is 7.91. The lowest BCUT2D eigenvalue weighted by Gasteiger charge is -2.33. The van der Waals surface area contributed by atoms with Crippen LogP contribution >= 0.6 is 0 Å². The molecule has 1 amide bonds. The van der Waals surface area contributed by atoms with E-state index in [1.165, 1.54) is 0 Å². The summed E-state index contributed by atoms with van der Waals surface area (Å²) in [5.74, 6) is 0.726. The number of carbonyl (C=O) groups is 1. The molecular formula is C15H18N8O. The molecule has 0 aromatic carbocycles. The lowest BCUT2D eigenvalue weighted by Crippen LogP contribution is -2.48. The maximum atomic E-state index is 12.3. The molecule has 3 aromatic heterocycles. The van der Waals surface area contributed by atoms with Gasteiger partial charge in [0.1, 0.15) is 17.8 Å². The largest absolute Gasteiger partial charge is 0.353 e. The maximum Gasteiger partial charge on any atom is 0.272 e. The summed E-state index contributed by atoms with van der Waals surface area (Å²) in [7, 11) is 1.80. The molecule has 4 rings (SSSR count). The fraction of sp³-hybridized carbons (Fsp3) is 0.400. The zero-order valence-electron chi connectivity index (χ0n) is 13.3. The molecule has 9 nitrogen and oxygen atoms in total. The molecule has 0 spiro atoms. The van der Waals surface area contributed by atoms with Gasteiger partial charge in [-0.2, -0.15) is 9.61 Å². The molecule has 1 aliphatic rings. The van der Waals surface area contributed by atoms with Gasteiger partial charge in [-0.15, -0.1) is 15.3 Å². The predicted molar refractivity (Wildman–Crippen MR) is 86.7 cm³/mol. The molecule has 0 radical (unpaired) electrons. The molecule has 4 heterocycles. The third-order valence-electron chi connectivity index (χ3n) is 4.17. The summed E-state index contributed by atoms with van der Waals surface area (Å²) in [5.41, 5.74) is 1.16. The molecule has 0 aliphatic carbocycles. The van der Waals surface area contributed by atoms with E-state index in [4.69, 9.17) is 0 Å². The van der Waals surface area contributed by atoms with E-state index in [1.54, 1.807) is 34.8 Å². The smallest absolute Gasteiger partial charge is 0.272 e. The Labute approximate surface area is 138 Å². The Balaban J connectivity index is 1.46. The minimum atomic E-state index is -0.135. The highest BCUT2D eigenvalue weighted by atomic mass is 16.2. The number of carbonyl (C=O) groups excluding carboxylic acids is 1. The van der Waals surface area contributed by atoms with Crippen LogP contribution in [0.5, 0.6) is 0 Å². The van der Waals surface area contributed by atoms with Gasteiger partial charge in [0, 0.05) is 32.4 Å². The van der Waals surface area contributed by atoms with Crippen molar-refractivity contribution in [3.63, 3.8) is 0 Å². The van der Waals surface area contributed by atoms with Crippen molar-refractivity contribution in [2.24, 2.45) is 7.05 Å². The number of hydrogen-bond acceptors (Lipinski definition) is 6. The molecule has 1 N–H and O–H groups in total. The topological polar surface area (TPSA) is 93.2 Å². The van der Waals surface area contributed by atoms with E-state index in [0.29, 0.717) is 5.69 Å². The van der Waals surface area contributed by atoms with Crippen molar-refractivity contribution in [1.29, 1.82) is 0 Å². The number of hydrogen-bond donors (Lipinski definition) is 1. The highest BCUT2D eigenvalue weighted by molar-refractivity contribution is 5.92. The number of fused-ring (bicyclic) bond motifs is 1. The van der Waals surface area contributed by atoms with Crippen molar-refractivity contribution in [3.8, 4) is 0 Å². The van der Waals surface area contributed by atoms with Gasteiger partial charge in [-0.25, -0.2) is 0 Å². The molecule has 1 saturated heterocycles. The first-order valence-electron chi connectivity index (χ1n) is 7.91. The molecular weight excluding hydrogens is 308 g/mol. The molecule has 1 aliphatic heterocycles. The zero-order valence-corrected chi connectivity index (χ0v) is 13.3. The normalized spacial score (nSPS) is 18.0. The van der Waals surface area contributed by atoms with Crippen molar-refractivity contribution >= 4 is 17.4 Å². The minimum Gasteiger partial charge on any atom is -0.353 e. The van der Waals surface area contributed by atoms with Gasteiger partial charge < -0.3 is 10.2 Å². The molecule has 1 atom stereocenters. The van der Waals surface area contributed by atoms with Crippen LogP contribution < -0.4 is 10.2 Å². The Bertz CT molecular complexity index is 869. The van der Waals surface area contributed by atoms with E-state index in [1.807, 2.05) is 12.1 Å². The number of nitrogens with one attached hydrogen (secondary N) is 1. The standard InChI is InChI=1S/C15H18N8O/c1-21-8-6-12(19-21)15(24)17-11-3-2-7-22(9-11)14-5-4-13-18-16-10-23(13)20-14/h4-6,8,10-11H,2-3,7,9H2,1H3,(H,17,24). The lowest BCUT2D eigenvalue weighted by atomic mass is 10.1. The van der Waals surface area contributed by atoms with Crippen molar-refractivity contribution in [2.75, 3.05) is 18.0 Å². The van der Waals surface area contributed by atoms with E-state index in [0.717, 1.165) is 37.4 Å². The van der Waals surface area contributed by atoms with Crippen LogP contribution in [0.1, 0.15) is 23.3 Å². The Kier molecular flexibility index (Phi) is 3.60. The summed E-state index contributed by atoms with van der Waals surface area (Å²) < 4.78 is 3.28. The van der Waals surface area contributed by atoms with Crippen molar-refractivity contribution < 1.29 is 4.79 Å². The van der Waals surface area contributed by atoms with Gasteiger partial charge in [-0.3, -0.25) is 9.48 Å². The van der Waals surface area contributed by atoms with Gasteiger partial charge in [0.15, 0.2) is 5.65 Å². The van der Waals surface area contributed by atoms with Crippen LogP contribution in [-0.2, 0) is 7.05 Å². The SMILES string of the molecule is Cn1ccc(C(=O)NC2CCCN(c3ccc4nncn4n3)C2)n1. The molecule has 0 saturated carbocycles. The van der Waals surface area contributed by atoms with Crippen molar-refractivity contribution in [3.05, 3.63) is 36.4 Å². The van der Waals surface area contributed by atoms with Crippen LogP contribution in [0.4, 0.5) is 5.82 Å². The number of aromatic nitrogens is 6. The van der Waals surface area contributed by atoms with Crippen molar-refractivity contribution in [2.45, 2.75) is 18.9 Å². The average Bonchev–Trinajstić information content (AvgIpc) is 3.23. The monoisotopic (exact) mass is 326 g/mol. The average molecular weight is 326 g/mol. The predicted octanol–water partition coefficient (Wildman–Crippen LogP) is 0.257. The summed E-state index contributed by atoms with van der Waals surface area (Å²) in [5, 5.41) is 19.5. The van der Waals surface area contributed by atoms with E-state index in [-0.39, 0.29) is 11.9 Å². The summed E-state index contributed by atoms with van der Waals surface area (Å²) in [6.07, 6.45) is 5.29. The first-order chi connectivity index (χ1) is 11.7. The van der Waals surface area contributed by atoms with Gasteiger partial charge in [-0.1, -0.05) is 0 Å². The Morgan fingerprint density at radius 2 is 2.21 bits per heavy atom. The van der Waals surface area contributed by atoms with Crippen LogP contribution in [0, 0.1) is 0 Å². The second-order valence-electron chi connectivity index (χ2n) is 5.96. The summed E-state index contributed by atoms with van der Waals surface area (Å²) in [6, 6.07) is 5.63.